The van der Waals surface area contributed by atoms with Crippen molar-refractivity contribution in [1.82, 2.24) is 5.32 Å². The molecule has 1 heterocycles. The molecule has 1 aromatic heterocycles. The molecule has 21 heavy (non-hydrogen) atoms. The third kappa shape index (κ3) is 3.57. The molecular formula is C18H16FNS. The molecule has 0 spiro atoms. The Bertz CT molecular complexity index is 706. The van der Waals surface area contributed by atoms with Gasteiger partial charge in [-0.2, -0.15) is 0 Å². The van der Waals surface area contributed by atoms with E-state index in [1.807, 2.05) is 30.3 Å². The number of benzene rings is 2. The second kappa shape index (κ2) is 6.66. The minimum Gasteiger partial charge on any atom is -0.308 e. The van der Waals surface area contributed by atoms with E-state index in [0.29, 0.717) is 12.1 Å². The fraction of sp³-hybridized carbons (Fsp3) is 0.111. The molecule has 0 atom stereocenters. The Balaban J connectivity index is 1.60. The molecule has 0 aliphatic carbocycles. The van der Waals surface area contributed by atoms with Crippen molar-refractivity contribution in [3.05, 3.63) is 82.3 Å². The van der Waals surface area contributed by atoms with Gasteiger partial charge in [-0.05, 0) is 28.6 Å². The van der Waals surface area contributed by atoms with Gasteiger partial charge < -0.3 is 5.32 Å². The molecule has 0 fully saturated rings. The van der Waals surface area contributed by atoms with Gasteiger partial charge in [-0.3, -0.25) is 0 Å². The standard InChI is InChI=1S/C18H16FNS/c19-18-9-5-4-8-15(18)11-20-12-17-10-16(13-21-17)14-6-2-1-3-7-14/h1-10,13,20H,11-12H2. The Kier molecular flexibility index (Phi) is 4.43. The summed E-state index contributed by atoms with van der Waals surface area (Å²) in [4.78, 5) is 1.25. The molecular weight excluding hydrogens is 281 g/mol. The van der Waals surface area contributed by atoms with Gasteiger partial charge in [-0.15, -0.1) is 11.3 Å². The minimum absolute atomic E-state index is 0.152. The average Bonchev–Trinajstić information content (AvgIpc) is 2.99. The first-order valence-corrected chi connectivity index (χ1v) is 7.78. The third-order valence-electron chi connectivity index (χ3n) is 3.33. The lowest BCUT2D eigenvalue weighted by Gasteiger charge is -2.04. The van der Waals surface area contributed by atoms with Gasteiger partial charge in [0.2, 0.25) is 0 Å². The van der Waals surface area contributed by atoms with Crippen LogP contribution in [0.4, 0.5) is 4.39 Å². The Hall–Kier alpha value is -1.97. The lowest BCUT2D eigenvalue weighted by Crippen LogP contribution is -2.12. The van der Waals surface area contributed by atoms with Gasteiger partial charge >= 0.3 is 0 Å². The van der Waals surface area contributed by atoms with Gasteiger partial charge in [-0.25, -0.2) is 4.39 Å². The molecule has 0 saturated heterocycles. The fourth-order valence-electron chi connectivity index (χ4n) is 2.22. The van der Waals surface area contributed by atoms with Crippen LogP contribution < -0.4 is 5.32 Å². The topological polar surface area (TPSA) is 12.0 Å². The van der Waals surface area contributed by atoms with Crippen LogP contribution in [0.5, 0.6) is 0 Å². The zero-order valence-electron chi connectivity index (χ0n) is 11.6. The monoisotopic (exact) mass is 297 g/mol. The molecule has 0 aliphatic rings. The fourth-order valence-corrected chi connectivity index (χ4v) is 3.08. The van der Waals surface area contributed by atoms with Crippen molar-refractivity contribution in [2.75, 3.05) is 0 Å². The molecule has 0 radical (unpaired) electrons. The zero-order valence-corrected chi connectivity index (χ0v) is 12.4. The Morgan fingerprint density at radius 3 is 2.43 bits per heavy atom. The summed E-state index contributed by atoms with van der Waals surface area (Å²) in [7, 11) is 0. The van der Waals surface area contributed by atoms with Gasteiger partial charge in [0.05, 0.1) is 0 Å². The van der Waals surface area contributed by atoms with Crippen LogP contribution in [0.2, 0.25) is 0 Å². The summed E-state index contributed by atoms with van der Waals surface area (Å²) >= 11 is 1.73. The molecule has 3 aromatic rings. The van der Waals surface area contributed by atoms with Crippen molar-refractivity contribution < 1.29 is 4.39 Å². The van der Waals surface area contributed by atoms with Crippen molar-refractivity contribution in [2.24, 2.45) is 0 Å². The molecule has 1 nitrogen and oxygen atoms in total. The van der Waals surface area contributed by atoms with E-state index in [1.54, 1.807) is 17.4 Å². The maximum Gasteiger partial charge on any atom is 0.127 e. The molecule has 106 valence electrons. The van der Waals surface area contributed by atoms with Crippen LogP contribution in [-0.2, 0) is 13.1 Å². The second-order valence-corrected chi connectivity index (χ2v) is 5.86. The lowest BCUT2D eigenvalue weighted by molar-refractivity contribution is 0.589. The van der Waals surface area contributed by atoms with E-state index >= 15 is 0 Å². The first kappa shape index (κ1) is 14.0. The van der Waals surface area contributed by atoms with Crippen molar-refractivity contribution in [1.29, 1.82) is 0 Å². The maximum atomic E-state index is 13.5. The van der Waals surface area contributed by atoms with Crippen LogP contribution in [0.3, 0.4) is 0 Å². The normalized spacial score (nSPS) is 10.7. The lowest BCUT2D eigenvalue weighted by atomic mass is 10.1. The first-order valence-electron chi connectivity index (χ1n) is 6.90. The number of halogens is 1. The van der Waals surface area contributed by atoms with Crippen molar-refractivity contribution in [3.8, 4) is 11.1 Å². The summed E-state index contributed by atoms with van der Waals surface area (Å²) in [5, 5.41) is 5.46. The molecule has 3 heteroatoms. The number of hydrogen-bond donors (Lipinski definition) is 1. The quantitative estimate of drug-likeness (QED) is 0.710. The second-order valence-electron chi connectivity index (χ2n) is 4.86. The number of hydrogen-bond acceptors (Lipinski definition) is 2. The summed E-state index contributed by atoms with van der Waals surface area (Å²) in [6.07, 6.45) is 0. The summed E-state index contributed by atoms with van der Waals surface area (Å²) in [5.74, 6) is -0.152. The number of thiophene rings is 1. The highest BCUT2D eigenvalue weighted by molar-refractivity contribution is 7.10. The predicted molar refractivity (Wildman–Crippen MR) is 86.7 cm³/mol. The smallest absolute Gasteiger partial charge is 0.127 e. The average molecular weight is 297 g/mol. The van der Waals surface area contributed by atoms with Crippen molar-refractivity contribution in [3.63, 3.8) is 0 Å². The van der Waals surface area contributed by atoms with Crippen LogP contribution in [-0.4, -0.2) is 0 Å². The summed E-state index contributed by atoms with van der Waals surface area (Å²) in [6, 6.07) is 19.4. The summed E-state index contributed by atoms with van der Waals surface area (Å²) < 4.78 is 13.5. The van der Waals surface area contributed by atoms with Gasteiger partial charge in [0.15, 0.2) is 0 Å². The first-order chi connectivity index (χ1) is 10.3. The zero-order chi connectivity index (χ0) is 14.5. The van der Waals surface area contributed by atoms with Gasteiger partial charge in [0, 0.05) is 23.5 Å². The van der Waals surface area contributed by atoms with Crippen LogP contribution in [0.1, 0.15) is 10.4 Å². The SMILES string of the molecule is Fc1ccccc1CNCc1cc(-c2ccccc2)cs1. The highest BCUT2D eigenvalue weighted by atomic mass is 32.1. The molecule has 1 N–H and O–H groups in total. The van der Waals surface area contributed by atoms with Crippen molar-refractivity contribution >= 4 is 11.3 Å². The third-order valence-corrected chi connectivity index (χ3v) is 4.27. The molecule has 0 amide bonds. The van der Waals surface area contributed by atoms with Crippen LogP contribution in [0.25, 0.3) is 11.1 Å². The Labute approximate surface area is 128 Å². The van der Waals surface area contributed by atoms with Crippen LogP contribution in [0.15, 0.2) is 66.0 Å². The van der Waals surface area contributed by atoms with E-state index in [-0.39, 0.29) is 5.82 Å². The molecule has 0 aliphatic heterocycles. The van der Waals surface area contributed by atoms with E-state index in [2.05, 4.69) is 28.9 Å². The molecule has 0 saturated carbocycles. The molecule has 2 aromatic carbocycles. The van der Waals surface area contributed by atoms with E-state index in [4.69, 9.17) is 0 Å². The van der Waals surface area contributed by atoms with Crippen LogP contribution in [0, 0.1) is 5.82 Å². The minimum atomic E-state index is -0.152. The van der Waals surface area contributed by atoms with E-state index in [1.165, 1.54) is 22.1 Å². The summed E-state index contributed by atoms with van der Waals surface area (Å²) in [5.41, 5.74) is 3.18. The highest BCUT2D eigenvalue weighted by Gasteiger charge is 2.03. The Morgan fingerprint density at radius 1 is 0.857 bits per heavy atom. The molecule has 0 bridgehead atoms. The van der Waals surface area contributed by atoms with Crippen molar-refractivity contribution in [2.45, 2.75) is 13.1 Å². The van der Waals surface area contributed by atoms with Gasteiger partial charge in [0.1, 0.15) is 5.82 Å². The predicted octanol–water partition coefficient (Wildman–Crippen LogP) is 4.84. The highest BCUT2D eigenvalue weighted by Crippen LogP contribution is 2.25. The van der Waals surface area contributed by atoms with Gasteiger partial charge in [-0.1, -0.05) is 48.5 Å². The van der Waals surface area contributed by atoms with E-state index < -0.39 is 0 Å². The van der Waals surface area contributed by atoms with E-state index in [0.717, 1.165) is 6.54 Å². The largest absolute Gasteiger partial charge is 0.308 e. The van der Waals surface area contributed by atoms with Crippen LogP contribution >= 0.6 is 11.3 Å². The van der Waals surface area contributed by atoms with Gasteiger partial charge in [0.25, 0.3) is 0 Å². The number of nitrogens with one attached hydrogen (secondary N) is 1. The van der Waals surface area contributed by atoms with E-state index in [9.17, 15) is 4.39 Å². The Morgan fingerprint density at radius 2 is 1.62 bits per heavy atom. The summed E-state index contributed by atoms with van der Waals surface area (Å²) in [6.45, 7) is 1.30. The maximum absolute atomic E-state index is 13.5. The number of rotatable bonds is 5. The molecule has 0 unspecified atom stereocenters. The molecule has 3 rings (SSSR count).